The molecule has 13 heteroatoms. The van der Waals surface area contributed by atoms with Crippen LogP contribution < -0.4 is 0 Å². The summed E-state index contributed by atoms with van der Waals surface area (Å²) in [7, 11) is 0. The normalized spacial score (nSPS) is 38.2. The third-order valence-electron chi connectivity index (χ3n) is 6.68. The van der Waals surface area contributed by atoms with Gasteiger partial charge in [-0.15, -0.1) is 11.6 Å². The first-order valence-corrected chi connectivity index (χ1v) is 11.6. The molecule has 6 N–H and O–H groups in total. The minimum absolute atomic E-state index is 0.0563. The fourth-order valence-electron chi connectivity index (χ4n) is 4.54. The molecule has 8 atom stereocenters. The third-order valence-corrected chi connectivity index (χ3v) is 7.93. The Morgan fingerprint density at radius 3 is 2.55 bits per heavy atom. The summed E-state index contributed by atoms with van der Waals surface area (Å²) in [6, 6.07) is 0. The van der Waals surface area contributed by atoms with Gasteiger partial charge in [-0.25, -0.2) is 9.67 Å². The van der Waals surface area contributed by atoms with Crippen LogP contribution in [0.5, 0.6) is 0 Å². The van der Waals surface area contributed by atoms with Crippen LogP contribution in [0.1, 0.15) is 32.1 Å². The second-order valence-corrected chi connectivity index (χ2v) is 10.3. The second-order valence-electron chi connectivity index (χ2n) is 9.13. The lowest BCUT2D eigenvalue weighted by atomic mass is 9.83. The Labute approximate surface area is 200 Å². The Balaban J connectivity index is 1.49. The van der Waals surface area contributed by atoms with E-state index in [1.807, 2.05) is 0 Å². The van der Waals surface area contributed by atoms with E-state index in [9.17, 15) is 30.6 Å². The fraction of sp³-hybridized carbons (Fsp3) is 0.800. The van der Waals surface area contributed by atoms with Gasteiger partial charge < -0.3 is 40.1 Å². The molecule has 186 valence electrons. The van der Waals surface area contributed by atoms with E-state index in [0.29, 0.717) is 18.4 Å². The smallest absolute Gasteiger partial charge is 0.186 e. The minimum atomic E-state index is -1.58. The molecule has 1 aliphatic heterocycles. The monoisotopic (exact) mass is 509 g/mol. The van der Waals surface area contributed by atoms with E-state index in [1.54, 1.807) is 0 Å². The van der Waals surface area contributed by atoms with Gasteiger partial charge in [0.2, 0.25) is 0 Å². The first-order valence-electron chi connectivity index (χ1n) is 10.8. The summed E-state index contributed by atoms with van der Waals surface area (Å²) in [6.07, 6.45) is -4.45. The predicted octanol–water partition coefficient (Wildman–Crippen LogP) is -0.997. The van der Waals surface area contributed by atoms with Crippen molar-refractivity contribution in [3.8, 4) is 0 Å². The highest BCUT2D eigenvalue weighted by molar-refractivity contribution is 6.30. The highest BCUT2D eigenvalue weighted by Gasteiger charge is 2.58. The van der Waals surface area contributed by atoms with E-state index in [4.69, 9.17) is 32.7 Å². The van der Waals surface area contributed by atoms with Crippen LogP contribution in [0.4, 0.5) is 0 Å². The molecule has 2 fully saturated rings. The number of aliphatic hydroxyl groups is 6. The second kappa shape index (κ2) is 9.65. The SMILES string of the molecule is OC[C@H]1O[C@H](OC2CC(CC(O)(Cn3cncn3)C3(Cl)CC3)=C(Cl)C(O)C2)[C@H](O)[C@@H](O)[C@@H]1O. The Bertz CT molecular complexity index is 852. The van der Waals surface area contributed by atoms with Gasteiger partial charge in [0, 0.05) is 17.9 Å². The molecule has 33 heavy (non-hydrogen) atoms. The number of ether oxygens (including phenoxy) is 2. The van der Waals surface area contributed by atoms with Gasteiger partial charge >= 0.3 is 0 Å². The first-order chi connectivity index (χ1) is 15.6. The van der Waals surface area contributed by atoms with Gasteiger partial charge in [0.15, 0.2) is 6.29 Å². The van der Waals surface area contributed by atoms with E-state index in [2.05, 4.69) is 10.1 Å². The number of hydrogen-bond acceptors (Lipinski definition) is 10. The van der Waals surface area contributed by atoms with Gasteiger partial charge in [-0.3, -0.25) is 0 Å². The third kappa shape index (κ3) is 5.08. The number of nitrogens with zero attached hydrogens (tertiary/aromatic N) is 3. The van der Waals surface area contributed by atoms with E-state index < -0.39 is 60.0 Å². The lowest BCUT2D eigenvalue weighted by Gasteiger charge is -2.42. The molecule has 2 aliphatic carbocycles. The van der Waals surface area contributed by atoms with E-state index in [0.717, 1.165) is 0 Å². The maximum absolute atomic E-state index is 11.5. The molecule has 0 bridgehead atoms. The quantitative estimate of drug-likeness (QED) is 0.239. The Kier molecular flexibility index (Phi) is 7.38. The summed E-state index contributed by atoms with van der Waals surface area (Å²) < 4.78 is 12.7. The molecule has 0 amide bonds. The van der Waals surface area contributed by atoms with Crippen LogP contribution in [-0.4, -0.2) is 105 Å². The number of aliphatic hydroxyl groups excluding tert-OH is 5. The Hall–Kier alpha value is -0.860. The maximum atomic E-state index is 11.5. The molecule has 4 rings (SSSR count). The average molecular weight is 510 g/mol. The fourth-order valence-corrected chi connectivity index (χ4v) is 4.99. The van der Waals surface area contributed by atoms with E-state index in [-0.39, 0.29) is 30.8 Å². The molecule has 3 aliphatic rings. The summed E-state index contributed by atoms with van der Waals surface area (Å²) in [6.45, 7) is -0.499. The summed E-state index contributed by atoms with van der Waals surface area (Å²) in [4.78, 5) is 3.04. The molecule has 3 unspecified atom stereocenters. The molecular formula is C20H29Cl2N3O8. The van der Waals surface area contributed by atoms with Gasteiger partial charge in [0.05, 0.1) is 30.2 Å². The van der Waals surface area contributed by atoms with Crippen molar-refractivity contribution in [3.05, 3.63) is 23.3 Å². The molecule has 2 heterocycles. The number of rotatable bonds is 8. The molecular weight excluding hydrogens is 481 g/mol. The van der Waals surface area contributed by atoms with Crippen molar-refractivity contribution >= 4 is 23.2 Å². The van der Waals surface area contributed by atoms with Crippen molar-refractivity contribution in [2.45, 2.75) is 92.0 Å². The summed E-state index contributed by atoms with van der Waals surface area (Å²) >= 11 is 13.1. The number of alkyl halides is 1. The molecule has 0 spiro atoms. The van der Waals surface area contributed by atoms with E-state index in [1.165, 1.54) is 17.3 Å². The lowest BCUT2D eigenvalue weighted by molar-refractivity contribution is -0.312. The average Bonchev–Trinajstić information content (AvgIpc) is 3.34. The van der Waals surface area contributed by atoms with Crippen LogP contribution in [0.25, 0.3) is 0 Å². The zero-order valence-electron chi connectivity index (χ0n) is 17.7. The summed E-state index contributed by atoms with van der Waals surface area (Å²) in [5.41, 5.74) is -0.873. The summed E-state index contributed by atoms with van der Waals surface area (Å²) in [5, 5.41) is 65.9. The van der Waals surface area contributed by atoms with Gasteiger partial charge in [-0.1, -0.05) is 11.6 Å². The Morgan fingerprint density at radius 2 is 1.94 bits per heavy atom. The summed E-state index contributed by atoms with van der Waals surface area (Å²) in [5.74, 6) is 0. The van der Waals surface area contributed by atoms with E-state index >= 15 is 0 Å². The number of halogens is 2. The zero-order valence-corrected chi connectivity index (χ0v) is 19.3. The van der Waals surface area contributed by atoms with Crippen LogP contribution in [0.15, 0.2) is 23.3 Å². The van der Waals surface area contributed by atoms with Crippen molar-refractivity contribution in [1.82, 2.24) is 14.8 Å². The standard InChI is InChI=1S/C20H29Cl2N3O8/c21-14-10(5-20(31,19(22)1-2-19)7-25-9-23-8-24-25)3-11(4-12(14)27)32-18-17(30)16(29)15(28)13(6-26)33-18/h8-9,11-13,15-18,26-31H,1-7H2/t11?,12?,13-,15-,16+,17-,18+,20?/m1/s1. The molecule has 1 saturated carbocycles. The lowest BCUT2D eigenvalue weighted by Crippen LogP contribution is -2.59. The van der Waals surface area contributed by atoms with Crippen molar-refractivity contribution in [1.29, 1.82) is 0 Å². The topological polar surface area (TPSA) is 171 Å². The highest BCUT2D eigenvalue weighted by atomic mass is 35.5. The maximum Gasteiger partial charge on any atom is 0.186 e. The van der Waals surface area contributed by atoms with Crippen LogP contribution in [0.3, 0.4) is 0 Å². The minimum Gasteiger partial charge on any atom is -0.394 e. The van der Waals surface area contributed by atoms with Gasteiger partial charge in [0.25, 0.3) is 0 Å². The highest BCUT2D eigenvalue weighted by Crippen LogP contribution is 2.54. The molecule has 1 aromatic rings. The predicted molar refractivity (Wildman–Crippen MR) is 114 cm³/mol. The van der Waals surface area contributed by atoms with Crippen LogP contribution >= 0.6 is 23.2 Å². The number of hydrogen-bond donors (Lipinski definition) is 6. The van der Waals surface area contributed by atoms with Crippen molar-refractivity contribution in [2.24, 2.45) is 0 Å². The zero-order chi connectivity index (χ0) is 24.0. The first kappa shape index (κ1) is 25.2. The molecule has 1 aromatic heterocycles. The number of aromatic nitrogens is 3. The largest absolute Gasteiger partial charge is 0.394 e. The molecule has 0 radical (unpaired) electrons. The molecule has 0 aromatic carbocycles. The van der Waals surface area contributed by atoms with Gasteiger partial charge in [0.1, 0.15) is 42.7 Å². The molecule has 1 saturated heterocycles. The van der Waals surface area contributed by atoms with Crippen molar-refractivity contribution in [2.75, 3.05) is 6.61 Å². The van der Waals surface area contributed by atoms with Crippen LogP contribution in [0.2, 0.25) is 0 Å². The molecule has 11 nitrogen and oxygen atoms in total. The van der Waals surface area contributed by atoms with Crippen molar-refractivity contribution < 1.29 is 40.1 Å². The van der Waals surface area contributed by atoms with Crippen LogP contribution in [-0.2, 0) is 16.0 Å². The Morgan fingerprint density at radius 1 is 1.21 bits per heavy atom. The van der Waals surface area contributed by atoms with Crippen molar-refractivity contribution in [3.63, 3.8) is 0 Å². The van der Waals surface area contributed by atoms with Gasteiger partial charge in [-0.2, -0.15) is 5.10 Å². The van der Waals surface area contributed by atoms with Gasteiger partial charge in [-0.05, 0) is 24.8 Å². The van der Waals surface area contributed by atoms with Crippen LogP contribution in [0, 0.1) is 0 Å².